The molecule has 1 radical (unpaired) electrons. The maximum absolute atomic E-state index is 17.0. The second-order valence-corrected chi connectivity index (χ2v) is 67.2. The van der Waals surface area contributed by atoms with Gasteiger partial charge in [0.2, 0.25) is 35.3 Å². The molecule has 6 aromatic rings. The zero-order valence-electron chi connectivity index (χ0n) is 79.9. The molecule has 129 heavy (non-hydrogen) atoms. The van der Waals surface area contributed by atoms with Crippen molar-refractivity contribution in [2.75, 3.05) is 13.7 Å². The molecule has 8 amide bonds. The van der Waals surface area contributed by atoms with Gasteiger partial charge in [-0.3, -0.25) is 28.9 Å². The summed E-state index contributed by atoms with van der Waals surface area (Å²) in [5.74, 6) is -9.96. The summed E-state index contributed by atoms with van der Waals surface area (Å²) in [4.78, 5) is 144. The summed E-state index contributed by atoms with van der Waals surface area (Å²) in [6.07, 6.45) is -4.48. The van der Waals surface area contributed by atoms with Crippen LogP contribution in [0.2, 0.25) is 106 Å². The van der Waals surface area contributed by atoms with Crippen molar-refractivity contribution in [3.05, 3.63) is 153 Å². The van der Waals surface area contributed by atoms with E-state index in [2.05, 4.69) is 150 Å². The zero-order chi connectivity index (χ0) is 96.5. The molecule has 27 nitrogen and oxygen atoms in total. The van der Waals surface area contributed by atoms with E-state index in [-0.39, 0.29) is 97.5 Å². The van der Waals surface area contributed by atoms with E-state index in [9.17, 15) is 14.7 Å². The average Bonchev–Trinajstić information content (AvgIpc) is 0.740. The number of hydrogen-bond acceptors (Lipinski definition) is 19. The van der Waals surface area contributed by atoms with Gasteiger partial charge in [0.25, 0.3) is 0 Å². The van der Waals surface area contributed by atoms with E-state index in [1.807, 2.05) is 87.6 Å². The number of nitrogens with one attached hydrogen (secondary N) is 6. The Labute approximate surface area is 784 Å². The fourth-order valence-electron chi connectivity index (χ4n) is 13.4. The second-order valence-electron chi connectivity index (χ2n) is 41.8. The molecule has 6 aromatic carbocycles. The van der Waals surface area contributed by atoms with Gasteiger partial charge in [0, 0.05) is 7.05 Å². The van der Waals surface area contributed by atoms with Crippen molar-refractivity contribution in [2.45, 2.75) is 294 Å². The summed E-state index contributed by atoms with van der Waals surface area (Å²) in [5, 5.41) is 28.0. The van der Waals surface area contributed by atoms with Crippen LogP contribution in [0.15, 0.2) is 109 Å². The molecule has 0 saturated carbocycles. The van der Waals surface area contributed by atoms with Crippen molar-refractivity contribution in [1.29, 1.82) is 0 Å². The minimum absolute atomic E-state index is 0.0152. The van der Waals surface area contributed by atoms with Crippen LogP contribution in [0, 0.1) is 5.92 Å². The van der Waals surface area contributed by atoms with Crippen molar-refractivity contribution in [3.8, 4) is 57.1 Å². The summed E-state index contributed by atoms with van der Waals surface area (Å²) >= 11 is 17.9. The monoisotopic (exact) mass is 1970 g/mol. The van der Waals surface area contributed by atoms with Gasteiger partial charge in [-0.15, -0.1) is 0 Å². The molecule has 0 unspecified atom stereocenters. The van der Waals surface area contributed by atoms with Gasteiger partial charge in [-0.2, -0.15) is 0 Å². The number of halogens is 2. The predicted octanol–water partition coefficient (Wildman–Crippen LogP) is 19.0. The van der Waals surface area contributed by atoms with Crippen molar-refractivity contribution < 1.29 is 89.3 Å². The van der Waals surface area contributed by atoms with Crippen LogP contribution in [-0.2, 0) is 63.3 Å². The van der Waals surface area contributed by atoms with Crippen LogP contribution >= 0.6 is 23.2 Å². The second kappa shape index (κ2) is 40.0. The van der Waals surface area contributed by atoms with Crippen LogP contribution in [0.5, 0.6) is 46.0 Å². The first kappa shape index (κ1) is 104. The molecule has 5 aliphatic heterocycles. The van der Waals surface area contributed by atoms with E-state index in [0.29, 0.717) is 23.1 Å². The van der Waals surface area contributed by atoms with Crippen LogP contribution in [0.4, 0.5) is 4.79 Å². The van der Waals surface area contributed by atoms with E-state index < -0.39 is 198 Å². The number of hydrogen-bond donors (Lipinski definition) is 8. The quantitative estimate of drug-likeness (QED) is 0.0168. The number of nitrogens with two attached hydrogens (primary N) is 1. The molecule has 9 N–H and O–H groups in total. The van der Waals surface area contributed by atoms with E-state index in [4.69, 9.17) is 70.0 Å². The number of rotatable bonds is 23. The van der Waals surface area contributed by atoms with Crippen molar-refractivity contribution in [2.24, 2.45) is 11.7 Å². The van der Waals surface area contributed by atoms with Crippen LogP contribution in [-0.4, -0.2) is 159 Å². The number of nitrogens with zero attached hydrogens (tertiary/aromatic N) is 1. The maximum atomic E-state index is 17.0. The third kappa shape index (κ3) is 24.6. The first-order valence-corrected chi connectivity index (χ1v) is 60.2. The number of primary amides is 1. The van der Waals surface area contributed by atoms with Gasteiger partial charge >= 0.3 is 287 Å². The molecule has 9 atom stereocenters. The molecule has 11 bridgehead atoms. The average molecular weight is 1970 g/mol. The molecule has 5 heterocycles. The fraction of sp³-hybridized carbons (Fsp3) is 0.521. The smallest absolute Gasteiger partial charge is 0.502 e. The number of phenolic OH excluding ortho intramolecular Hbond substituents is 1. The van der Waals surface area contributed by atoms with Gasteiger partial charge in [-0.25, -0.2) is 4.79 Å². The Balaban J connectivity index is 1.40. The number of ether oxygens (including phenoxy) is 4. The molecule has 0 aliphatic carbocycles. The van der Waals surface area contributed by atoms with Crippen molar-refractivity contribution in [3.63, 3.8) is 0 Å². The summed E-state index contributed by atoms with van der Waals surface area (Å²) in [5.41, 5.74) is 7.50. The number of carbonyl (C=O) groups is 9. The SMILES string of the molecule is CC(C)C[C@H](C(=O)N[C@H]1C(=O)N[C@@H](CC(N)=O)C(=O)N[C@H]2C(=O)N[C@H]3C(=O)N[C@H](C(=O)N[C@H](C(=O)OCCC[Se])c4cc(O[Si](C)(C)C(C)(C)C)cc(O[Si](C)(C)C(C)(C)C)c4-c4cc3ccc4O[Si](C)(C)C(C)(C)C)[C@H](O[Si](C)(C)C(C)(C)C)c3ccc(c(Cl)c3)Oc3cc2cc(c3O)Oc2ccc(cc2Cl)[C@H]1O[Si](C)(C)C(C)(C)C)N(C)C(=O)OCc1ccccc1. The van der Waals surface area contributed by atoms with Gasteiger partial charge in [-0.1, -0.05) is 177 Å². The van der Waals surface area contributed by atoms with Crippen LogP contribution < -0.4 is 60.4 Å². The topological polar surface area (TPSA) is 358 Å². The Morgan fingerprint density at radius 2 is 1.03 bits per heavy atom. The molecule has 0 fully saturated rings. The molecule has 35 heteroatoms. The van der Waals surface area contributed by atoms with E-state index in [0.717, 1.165) is 4.90 Å². The molecule has 11 rings (SSSR count). The van der Waals surface area contributed by atoms with E-state index in [1.165, 1.54) is 49.5 Å². The number of fused-ring (bicyclic) bond motifs is 15. The Kier molecular flexibility index (Phi) is 32.2. The van der Waals surface area contributed by atoms with Crippen LogP contribution in [0.25, 0.3) is 11.1 Å². The number of aromatic hydroxyl groups is 1. The molecule has 5 aliphatic rings. The van der Waals surface area contributed by atoms with Crippen molar-refractivity contribution >= 4 is 134 Å². The summed E-state index contributed by atoms with van der Waals surface area (Å²) in [6, 6.07) is 15.5. The minimum atomic E-state index is -3.25. The van der Waals surface area contributed by atoms with Crippen molar-refractivity contribution in [1.82, 2.24) is 36.8 Å². The number of esters is 1. The predicted molar refractivity (Wildman–Crippen MR) is 515 cm³/mol. The number of carbonyl (C=O) groups excluding carboxylic acids is 9. The number of benzene rings is 6. The molecule has 0 aromatic heterocycles. The minimum Gasteiger partial charge on any atom is -0.502 e. The first-order chi connectivity index (χ1) is 59.4. The van der Waals surface area contributed by atoms with E-state index in [1.54, 1.807) is 60.7 Å². The Hall–Kier alpha value is -8.75. The standard InChI is InChI=1S/C94H133Cl2N8O19SeSi5/c1-53(2)43-65(104(18)89(114)116-52-54-33-30-29-31-34-54)83(108)102-77-80(122-128(25,26)93(12,13)14)56-36-39-67(62(95)45-56)117-70-47-58-48-71(79(70)106)118-68-40-37-57(46-63(68)96)81(123-129(27,28)94(15,16)17)78-87(112)101-76(88(113)115-41-32-42-124)61-49-59(119-125(19,20)90(3,4)5)50-69(121-127(23,24)92(9,10)11)73(61)60-44-55(35-38-66(60)120-126(21,22)91(6,7)8)74(84(109)103-78)100-85(110)75(58)99-82(107)64(51-72(97)105)98-86(77)111/h29-31,33-40,44-50,53,64-65,74-78,80-81,106H,32,41-43,51-52H2,1-28H3,(H2,97,105)(H,98,111)(H,99,107)(H,100,110)(H,101,112)(H,102,108)(H,103,109)/t64-,65+,74+,75+,76-,77+,78-,80+,81+/m0/s1. The van der Waals surface area contributed by atoms with Gasteiger partial charge < -0.3 is 50.7 Å². The van der Waals surface area contributed by atoms with Gasteiger partial charge in [0.1, 0.15) is 42.3 Å². The van der Waals surface area contributed by atoms with Gasteiger partial charge in [-0.05, 0) is 114 Å². The van der Waals surface area contributed by atoms with E-state index >= 15 is 33.6 Å². The molecule has 0 spiro atoms. The summed E-state index contributed by atoms with van der Waals surface area (Å²) in [6.45, 7) is 54.1. The Morgan fingerprint density at radius 3 is 1.54 bits per heavy atom. The summed E-state index contributed by atoms with van der Waals surface area (Å²) in [7, 11) is -14.0. The van der Waals surface area contributed by atoms with Crippen LogP contribution in [0.3, 0.4) is 0 Å². The normalized spacial score (nSPS) is 19.6. The zero-order valence-corrected chi connectivity index (χ0v) is 88.1. The third-order valence-electron chi connectivity index (χ3n) is 26.3. The fourth-order valence-corrected chi connectivity index (χ4v) is 19.7. The Bertz CT molecular complexity index is 5200. The number of likely N-dealkylation sites (N-methyl/N-ethyl adjacent to an activating group) is 1. The molecular formula is C94H133Cl2N8O19SeSi5. The van der Waals surface area contributed by atoms with Crippen LogP contribution in [0.1, 0.15) is 201 Å². The molecule has 0 saturated heterocycles. The molecule has 703 valence electrons. The third-order valence-corrected chi connectivity index (χ3v) is 49.5. The number of phenols is 1. The summed E-state index contributed by atoms with van der Waals surface area (Å²) < 4.78 is 62.6. The first-order valence-electron chi connectivity index (χ1n) is 43.7. The Morgan fingerprint density at radius 1 is 0.543 bits per heavy atom. The van der Waals surface area contributed by atoms with Gasteiger partial charge in [0.05, 0.1) is 22.6 Å². The molecular weight excluding hydrogens is 1840 g/mol. The van der Waals surface area contributed by atoms with Gasteiger partial charge in [0.15, 0.2) is 19.8 Å². The number of amides is 8.